The first-order chi connectivity index (χ1) is 9.77. The van der Waals surface area contributed by atoms with Crippen molar-refractivity contribution in [3.8, 4) is 5.75 Å². The fourth-order valence-corrected chi connectivity index (χ4v) is 2.30. The Kier molecular flexibility index (Phi) is 4.32. The third-order valence-corrected chi connectivity index (χ3v) is 4.01. The molecule has 2 rings (SSSR count). The smallest absolute Gasteiger partial charge is 0.267 e. The Hall–Kier alpha value is -1.89. The van der Waals surface area contributed by atoms with Crippen LogP contribution in [0.25, 0.3) is 0 Å². The van der Waals surface area contributed by atoms with E-state index < -0.39 is 15.9 Å². The highest BCUT2D eigenvalue weighted by Crippen LogP contribution is 2.23. The minimum absolute atomic E-state index is 0.184. The van der Waals surface area contributed by atoms with E-state index in [4.69, 9.17) is 9.26 Å². The largest absolute Gasteiger partial charge is 0.481 e. The molecule has 1 atom stereocenters. The van der Waals surface area contributed by atoms with Gasteiger partial charge in [0.1, 0.15) is 5.75 Å². The Morgan fingerprint density at radius 1 is 1.14 bits per heavy atom. The lowest BCUT2D eigenvalue weighted by atomic mass is 10.2. The van der Waals surface area contributed by atoms with Crippen LogP contribution in [0.2, 0.25) is 0 Å². The van der Waals surface area contributed by atoms with E-state index in [1.54, 1.807) is 19.1 Å². The van der Waals surface area contributed by atoms with Crippen molar-refractivity contribution in [2.45, 2.75) is 37.7 Å². The molecule has 21 heavy (non-hydrogen) atoms. The first-order valence-corrected chi connectivity index (χ1v) is 8.47. The molecule has 0 fully saturated rings. The highest BCUT2D eigenvalue weighted by molar-refractivity contribution is 7.90. The lowest BCUT2D eigenvalue weighted by Crippen LogP contribution is -2.04. The van der Waals surface area contributed by atoms with E-state index in [0.717, 1.165) is 6.26 Å². The van der Waals surface area contributed by atoms with Crippen LogP contribution in [-0.4, -0.2) is 24.8 Å². The maximum atomic E-state index is 11.4. The quantitative estimate of drug-likeness (QED) is 0.844. The summed E-state index contributed by atoms with van der Waals surface area (Å²) >= 11 is 0. The van der Waals surface area contributed by atoms with E-state index in [0.29, 0.717) is 17.5 Å². The van der Waals surface area contributed by atoms with E-state index in [1.165, 1.54) is 12.1 Å². The number of aromatic nitrogens is 2. The maximum Gasteiger partial charge on any atom is 0.267 e. The third-order valence-electron chi connectivity index (χ3n) is 2.89. The Morgan fingerprint density at radius 2 is 1.76 bits per heavy atom. The molecule has 0 bridgehead atoms. The normalized spacial score (nSPS) is 13.4. The number of ether oxygens (including phenoxy) is 1. The Labute approximate surface area is 124 Å². The summed E-state index contributed by atoms with van der Waals surface area (Å²) in [4.78, 5) is 4.52. The van der Waals surface area contributed by atoms with Crippen LogP contribution in [-0.2, 0) is 9.84 Å². The molecule has 114 valence electrons. The van der Waals surface area contributed by atoms with Crippen molar-refractivity contribution < 1.29 is 17.7 Å². The summed E-state index contributed by atoms with van der Waals surface area (Å²) in [7, 11) is -3.20. The van der Waals surface area contributed by atoms with Crippen LogP contribution in [0.3, 0.4) is 0 Å². The number of nitrogens with zero attached hydrogens (tertiary/aromatic N) is 2. The molecule has 0 aliphatic rings. The van der Waals surface area contributed by atoms with Gasteiger partial charge in [0.15, 0.2) is 21.8 Å². The van der Waals surface area contributed by atoms with Crippen molar-refractivity contribution in [1.82, 2.24) is 10.1 Å². The summed E-state index contributed by atoms with van der Waals surface area (Å²) < 4.78 is 33.6. The zero-order valence-electron chi connectivity index (χ0n) is 12.4. The van der Waals surface area contributed by atoms with Gasteiger partial charge in [0, 0.05) is 12.2 Å². The molecular formula is C14H18N2O4S. The molecule has 0 aliphatic heterocycles. The van der Waals surface area contributed by atoms with Crippen molar-refractivity contribution in [1.29, 1.82) is 0 Å². The summed E-state index contributed by atoms with van der Waals surface area (Å²) in [5.41, 5.74) is 0. The molecule has 0 N–H and O–H groups in total. The van der Waals surface area contributed by atoms with Crippen molar-refractivity contribution in [2.24, 2.45) is 0 Å². The molecule has 0 spiro atoms. The average Bonchev–Trinajstić information content (AvgIpc) is 2.88. The van der Waals surface area contributed by atoms with Crippen molar-refractivity contribution >= 4 is 9.84 Å². The molecule has 0 radical (unpaired) electrons. The molecule has 0 saturated heterocycles. The van der Waals surface area contributed by atoms with E-state index in [1.807, 2.05) is 13.8 Å². The van der Waals surface area contributed by atoms with Crippen LogP contribution in [0.1, 0.15) is 44.5 Å². The summed E-state index contributed by atoms with van der Waals surface area (Å²) in [6.45, 7) is 5.75. The predicted octanol–water partition coefficient (Wildman–Crippen LogP) is 2.74. The van der Waals surface area contributed by atoms with Crippen LogP contribution in [0.4, 0.5) is 0 Å². The molecule has 7 heteroatoms. The van der Waals surface area contributed by atoms with Crippen molar-refractivity contribution in [2.75, 3.05) is 6.26 Å². The second-order valence-electron chi connectivity index (χ2n) is 5.15. The number of hydrogen-bond donors (Lipinski definition) is 0. The SMILES string of the molecule is CC(C)c1noc(C(C)Oc2ccc(S(C)(=O)=O)cc2)n1. The minimum atomic E-state index is -3.20. The van der Waals surface area contributed by atoms with Crippen LogP contribution in [0, 0.1) is 0 Å². The topological polar surface area (TPSA) is 82.3 Å². The minimum Gasteiger partial charge on any atom is -0.481 e. The van der Waals surface area contributed by atoms with Crippen molar-refractivity contribution in [3.63, 3.8) is 0 Å². The molecule has 6 nitrogen and oxygen atoms in total. The van der Waals surface area contributed by atoms with Crippen molar-refractivity contribution in [3.05, 3.63) is 36.0 Å². The standard InChI is InChI=1S/C14H18N2O4S/c1-9(2)13-15-14(20-16-13)10(3)19-11-5-7-12(8-6-11)21(4,17)18/h5-10H,1-4H3. The van der Waals surface area contributed by atoms with Crippen LogP contribution in [0.5, 0.6) is 5.75 Å². The van der Waals surface area contributed by atoms with Gasteiger partial charge >= 0.3 is 0 Å². The molecular weight excluding hydrogens is 292 g/mol. The van der Waals surface area contributed by atoms with Gasteiger partial charge in [-0.1, -0.05) is 19.0 Å². The van der Waals surface area contributed by atoms with Gasteiger partial charge in [-0.15, -0.1) is 0 Å². The van der Waals surface area contributed by atoms with Crippen LogP contribution < -0.4 is 4.74 Å². The number of hydrogen-bond acceptors (Lipinski definition) is 6. The number of sulfone groups is 1. The molecule has 0 amide bonds. The highest BCUT2D eigenvalue weighted by atomic mass is 32.2. The first kappa shape index (κ1) is 15.5. The highest BCUT2D eigenvalue weighted by Gasteiger charge is 2.17. The third kappa shape index (κ3) is 3.81. The van der Waals surface area contributed by atoms with E-state index in [2.05, 4.69) is 10.1 Å². The van der Waals surface area contributed by atoms with Gasteiger partial charge in [0.25, 0.3) is 5.89 Å². The van der Waals surface area contributed by atoms with Crippen LogP contribution in [0.15, 0.2) is 33.7 Å². The molecule has 0 saturated carbocycles. The van der Waals surface area contributed by atoms with Gasteiger partial charge in [-0.2, -0.15) is 4.98 Å². The molecule has 1 unspecified atom stereocenters. The molecule has 1 heterocycles. The molecule has 1 aromatic carbocycles. The molecule has 0 aliphatic carbocycles. The van der Waals surface area contributed by atoms with Gasteiger partial charge in [-0.25, -0.2) is 8.42 Å². The second-order valence-corrected chi connectivity index (χ2v) is 7.16. The van der Waals surface area contributed by atoms with Crippen LogP contribution >= 0.6 is 0 Å². The lowest BCUT2D eigenvalue weighted by Gasteiger charge is -2.10. The van der Waals surface area contributed by atoms with Gasteiger partial charge < -0.3 is 9.26 Å². The van der Waals surface area contributed by atoms with E-state index in [-0.39, 0.29) is 10.8 Å². The van der Waals surface area contributed by atoms with E-state index in [9.17, 15) is 8.42 Å². The summed E-state index contributed by atoms with van der Waals surface area (Å²) in [6.07, 6.45) is 0.756. The lowest BCUT2D eigenvalue weighted by molar-refractivity contribution is 0.175. The molecule has 1 aromatic heterocycles. The number of benzene rings is 1. The Bertz CT molecular complexity index is 705. The number of rotatable bonds is 5. The monoisotopic (exact) mass is 310 g/mol. The predicted molar refractivity (Wildman–Crippen MR) is 77.0 cm³/mol. The van der Waals surface area contributed by atoms with Gasteiger partial charge in [0.2, 0.25) is 0 Å². The molecule has 2 aromatic rings. The van der Waals surface area contributed by atoms with E-state index >= 15 is 0 Å². The second kappa shape index (κ2) is 5.85. The summed E-state index contributed by atoms with van der Waals surface area (Å²) in [5.74, 6) is 1.75. The average molecular weight is 310 g/mol. The zero-order valence-corrected chi connectivity index (χ0v) is 13.2. The fourth-order valence-electron chi connectivity index (χ4n) is 1.67. The first-order valence-electron chi connectivity index (χ1n) is 6.57. The maximum absolute atomic E-state index is 11.4. The van der Waals surface area contributed by atoms with Gasteiger partial charge in [-0.05, 0) is 31.2 Å². The summed E-state index contributed by atoms with van der Waals surface area (Å²) in [5, 5.41) is 3.88. The Balaban J connectivity index is 2.10. The summed E-state index contributed by atoms with van der Waals surface area (Å²) in [6, 6.07) is 6.22. The zero-order chi connectivity index (χ0) is 15.6. The Morgan fingerprint density at radius 3 is 2.24 bits per heavy atom. The van der Waals surface area contributed by atoms with Gasteiger partial charge in [0.05, 0.1) is 4.90 Å². The van der Waals surface area contributed by atoms with Gasteiger partial charge in [-0.3, -0.25) is 0 Å². The fraction of sp³-hybridized carbons (Fsp3) is 0.429.